The molecule has 0 saturated heterocycles. The summed E-state index contributed by atoms with van der Waals surface area (Å²) in [4.78, 5) is 10.1. The Morgan fingerprint density at radius 2 is 2.46 bits per heavy atom. The number of halogens is 2. The van der Waals surface area contributed by atoms with Crippen LogP contribution in [-0.4, -0.2) is 27.4 Å². The quantitative estimate of drug-likeness (QED) is 0.737. The smallest absolute Gasteiger partial charge is 0.334 e. The molecule has 7 heteroatoms. The fourth-order valence-electron chi connectivity index (χ4n) is 0.776. The number of carboxylic acid groups (broad SMARTS) is 1. The third-order valence-electron chi connectivity index (χ3n) is 1.28. The minimum absolute atomic E-state index is 0.0163. The summed E-state index contributed by atoms with van der Waals surface area (Å²) < 4.78 is 24.6. The molecule has 5 nitrogen and oxygen atoms in total. The first-order chi connectivity index (χ1) is 6.11. The lowest BCUT2D eigenvalue weighted by Gasteiger charge is -2.05. The molecule has 0 aliphatic carbocycles. The number of carbonyl (C=O) groups is 1. The summed E-state index contributed by atoms with van der Waals surface area (Å²) in [6.07, 6.45) is 1.16. The SMILES string of the molecule is O=C(O)CNc1ccnn1C(F)F. The van der Waals surface area contributed by atoms with E-state index >= 15 is 0 Å². The fraction of sp³-hybridized carbons (Fsp3) is 0.333. The summed E-state index contributed by atoms with van der Waals surface area (Å²) in [5.41, 5.74) is 0. The third-order valence-corrected chi connectivity index (χ3v) is 1.28. The Morgan fingerprint density at radius 3 is 3.00 bits per heavy atom. The second kappa shape index (κ2) is 3.83. The molecule has 0 aromatic carbocycles. The average molecular weight is 191 g/mol. The van der Waals surface area contributed by atoms with Crippen LogP contribution in [0.25, 0.3) is 0 Å². The molecule has 1 aromatic heterocycles. The molecule has 0 spiro atoms. The molecule has 2 N–H and O–H groups in total. The van der Waals surface area contributed by atoms with Crippen molar-refractivity contribution in [3.05, 3.63) is 12.3 Å². The Hall–Kier alpha value is -1.66. The Bertz CT molecular complexity index is 300. The highest BCUT2D eigenvalue weighted by molar-refractivity contribution is 5.72. The third kappa shape index (κ3) is 2.39. The van der Waals surface area contributed by atoms with E-state index in [2.05, 4.69) is 10.4 Å². The number of anilines is 1. The second-order valence-corrected chi connectivity index (χ2v) is 2.19. The van der Waals surface area contributed by atoms with Gasteiger partial charge in [0.1, 0.15) is 12.4 Å². The van der Waals surface area contributed by atoms with Gasteiger partial charge in [0.15, 0.2) is 0 Å². The van der Waals surface area contributed by atoms with E-state index in [0.29, 0.717) is 4.68 Å². The zero-order chi connectivity index (χ0) is 9.84. The Labute approximate surface area is 72.0 Å². The monoisotopic (exact) mass is 191 g/mol. The lowest BCUT2D eigenvalue weighted by atomic mass is 10.5. The predicted octanol–water partition coefficient (Wildman–Crippen LogP) is 0.775. The molecule has 1 rings (SSSR count). The second-order valence-electron chi connectivity index (χ2n) is 2.19. The molecule has 0 unspecified atom stereocenters. The number of hydrogen-bond donors (Lipinski definition) is 2. The molecule has 0 atom stereocenters. The van der Waals surface area contributed by atoms with Gasteiger partial charge in [0, 0.05) is 6.07 Å². The van der Waals surface area contributed by atoms with Gasteiger partial charge in [-0.25, -0.2) is 0 Å². The van der Waals surface area contributed by atoms with E-state index in [4.69, 9.17) is 5.11 Å². The van der Waals surface area contributed by atoms with Crippen molar-refractivity contribution in [3.8, 4) is 0 Å². The Kier molecular flexibility index (Phi) is 2.78. The molecule has 0 aliphatic heterocycles. The first-order valence-corrected chi connectivity index (χ1v) is 3.38. The van der Waals surface area contributed by atoms with Crippen LogP contribution in [0.4, 0.5) is 14.6 Å². The van der Waals surface area contributed by atoms with Gasteiger partial charge >= 0.3 is 12.5 Å². The van der Waals surface area contributed by atoms with Gasteiger partial charge in [-0.3, -0.25) is 4.79 Å². The molecule has 0 bridgehead atoms. The first-order valence-electron chi connectivity index (χ1n) is 3.38. The van der Waals surface area contributed by atoms with Gasteiger partial charge in [-0.1, -0.05) is 0 Å². The van der Waals surface area contributed by atoms with Crippen LogP contribution in [0.3, 0.4) is 0 Å². The summed E-state index contributed by atoms with van der Waals surface area (Å²) in [6.45, 7) is -3.19. The van der Waals surface area contributed by atoms with E-state index < -0.39 is 19.1 Å². The molecule has 0 amide bonds. The van der Waals surface area contributed by atoms with Gasteiger partial charge in [0.2, 0.25) is 0 Å². The van der Waals surface area contributed by atoms with E-state index in [0.717, 1.165) is 6.20 Å². The molecule has 0 fully saturated rings. The van der Waals surface area contributed by atoms with Gasteiger partial charge in [-0.15, -0.1) is 0 Å². The van der Waals surface area contributed by atoms with Crippen molar-refractivity contribution in [2.24, 2.45) is 0 Å². The molecule has 0 aliphatic rings. The highest BCUT2D eigenvalue weighted by Crippen LogP contribution is 2.15. The van der Waals surface area contributed by atoms with Crippen LogP contribution in [0.1, 0.15) is 6.55 Å². The molecule has 72 valence electrons. The Balaban J connectivity index is 2.65. The van der Waals surface area contributed by atoms with Gasteiger partial charge in [0.05, 0.1) is 6.20 Å². The van der Waals surface area contributed by atoms with Gasteiger partial charge in [0.25, 0.3) is 0 Å². The highest BCUT2D eigenvalue weighted by atomic mass is 19.3. The molecular weight excluding hydrogens is 184 g/mol. The van der Waals surface area contributed by atoms with E-state index in [1.54, 1.807) is 0 Å². The zero-order valence-corrected chi connectivity index (χ0v) is 6.44. The number of hydrogen-bond acceptors (Lipinski definition) is 3. The number of carboxylic acids is 1. The van der Waals surface area contributed by atoms with Crippen molar-refractivity contribution in [2.75, 3.05) is 11.9 Å². The summed E-state index contributed by atoms with van der Waals surface area (Å²) in [6, 6.07) is 1.27. The maximum Gasteiger partial charge on any atom is 0.334 e. The lowest BCUT2D eigenvalue weighted by molar-refractivity contribution is -0.134. The van der Waals surface area contributed by atoms with E-state index in [-0.39, 0.29) is 5.82 Å². The summed E-state index contributed by atoms with van der Waals surface area (Å²) >= 11 is 0. The minimum Gasteiger partial charge on any atom is -0.480 e. The zero-order valence-electron chi connectivity index (χ0n) is 6.44. The molecule has 13 heavy (non-hydrogen) atoms. The molecule has 0 radical (unpaired) electrons. The van der Waals surface area contributed by atoms with Gasteiger partial charge in [-0.2, -0.15) is 18.6 Å². The van der Waals surface area contributed by atoms with Gasteiger partial charge < -0.3 is 10.4 Å². The Morgan fingerprint density at radius 1 is 1.77 bits per heavy atom. The van der Waals surface area contributed by atoms with E-state index in [1.165, 1.54) is 6.07 Å². The van der Waals surface area contributed by atoms with E-state index in [1.807, 2.05) is 0 Å². The van der Waals surface area contributed by atoms with Crippen LogP contribution in [0, 0.1) is 0 Å². The van der Waals surface area contributed by atoms with E-state index in [9.17, 15) is 13.6 Å². The van der Waals surface area contributed by atoms with Crippen molar-refractivity contribution in [1.82, 2.24) is 9.78 Å². The van der Waals surface area contributed by atoms with Gasteiger partial charge in [-0.05, 0) is 0 Å². The van der Waals surface area contributed by atoms with Crippen molar-refractivity contribution in [1.29, 1.82) is 0 Å². The standard InChI is InChI=1S/C6H7F2N3O2/c7-6(8)11-4(1-2-10-11)9-3-5(12)13/h1-2,6,9H,3H2,(H,12,13). The molecular formula is C6H7F2N3O2. The number of aromatic nitrogens is 2. The van der Waals surface area contributed by atoms with Crippen LogP contribution < -0.4 is 5.32 Å². The topological polar surface area (TPSA) is 67.2 Å². The number of nitrogens with zero attached hydrogens (tertiary/aromatic N) is 2. The molecule has 1 aromatic rings. The summed E-state index contributed by atoms with van der Waals surface area (Å²) in [5, 5.41) is 13.9. The van der Waals surface area contributed by atoms with Crippen molar-refractivity contribution in [3.63, 3.8) is 0 Å². The maximum atomic E-state index is 12.1. The van der Waals surface area contributed by atoms with Crippen LogP contribution in [0.2, 0.25) is 0 Å². The fourth-order valence-corrected chi connectivity index (χ4v) is 0.776. The predicted molar refractivity (Wildman–Crippen MR) is 39.6 cm³/mol. The molecule has 1 heterocycles. The van der Waals surface area contributed by atoms with Crippen molar-refractivity contribution >= 4 is 11.8 Å². The number of aliphatic carboxylic acids is 1. The largest absolute Gasteiger partial charge is 0.480 e. The summed E-state index contributed by atoms with van der Waals surface area (Å²) in [5.74, 6) is -1.14. The maximum absolute atomic E-state index is 12.1. The van der Waals surface area contributed by atoms with Crippen LogP contribution in [0.5, 0.6) is 0 Å². The molecule has 0 saturated carbocycles. The number of alkyl halides is 2. The lowest BCUT2D eigenvalue weighted by Crippen LogP contribution is -2.15. The van der Waals surface area contributed by atoms with Crippen molar-refractivity contribution < 1.29 is 18.7 Å². The normalized spacial score (nSPS) is 10.4. The van der Waals surface area contributed by atoms with Crippen molar-refractivity contribution in [2.45, 2.75) is 6.55 Å². The highest BCUT2D eigenvalue weighted by Gasteiger charge is 2.11. The average Bonchev–Trinajstić information content (AvgIpc) is 2.47. The first kappa shape index (κ1) is 9.43. The van der Waals surface area contributed by atoms with Crippen LogP contribution in [0.15, 0.2) is 12.3 Å². The minimum atomic E-state index is -2.77. The van der Waals surface area contributed by atoms with Crippen LogP contribution >= 0.6 is 0 Å². The summed E-state index contributed by atoms with van der Waals surface area (Å²) in [7, 11) is 0. The van der Waals surface area contributed by atoms with Crippen LogP contribution in [-0.2, 0) is 4.79 Å². The number of rotatable bonds is 4. The number of nitrogens with one attached hydrogen (secondary N) is 1.